The van der Waals surface area contributed by atoms with Crippen LogP contribution in [0.5, 0.6) is 0 Å². The minimum Gasteiger partial charge on any atom is -0.348 e. The van der Waals surface area contributed by atoms with Gasteiger partial charge in [0.05, 0.1) is 11.6 Å². The summed E-state index contributed by atoms with van der Waals surface area (Å²) in [5.41, 5.74) is 0. The van der Waals surface area contributed by atoms with Crippen molar-refractivity contribution in [2.75, 3.05) is 0 Å². The van der Waals surface area contributed by atoms with Crippen LogP contribution in [0.1, 0.15) is 16.8 Å². The molecular weight excluding hydrogens is 184 g/mol. The van der Waals surface area contributed by atoms with E-state index in [-0.39, 0.29) is 5.91 Å². The Labute approximate surface area is 81.5 Å². The first-order valence-corrected chi connectivity index (χ1v) is 4.86. The van der Waals surface area contributed by atoms with Crippen molar-refractivity contribution in [2.24, 2.45) is 0 Å². The van der Waals surface area contributed by atoms with Crippen LogP contribution in [-0.4, -0.2) is 10.9 Å². The molecule has 13 heavy (non-hydrogen) atoms. The smallest absolute Gasteiger partial charge is 0.243 e. The Kier molecular flexibility index (Phi) is 3.64. The lowest BCUT2D eigenvalue weighted by atomic mass is 10.4. The summed E-state index contributed by atoms with van der Waals surface area (Å²) in [5.74, 6) is -0.0615. The molecule has 3 nitrogen and oxygen atoms in total. The molecule has 1 aromatic rings. The maximum atomic E-state index is 11.0. The van der Waals surface area contributed by atoms with E-state index in [9.17, 15) is 4.79 Å². The third-order valence-electron chi connectivity index (χ3n) is 1.42. The molecule has 0 aromatic carbocycles. The number of rotatable bonds is 3. The summed E-state index contributed by atoms with van der Waals surface area (Å²) < 4.78 is 0. The molecule has 0 fully saturated rings. The van der Waals surface area contributed by atoms with Crippen LogP contribution >= 0.6 is 11.3 Å². The molecule has 0 aliphatic heterocycles. The molecular formula is C9H12N2OS. The van der Waals surface area contributed by atoms with Crippen molar-refractivity contribution in [1.82, 2.24) is 10.3 Å². The number of carbonyl (C=O) groups is 1. The van der Waals surface area contributed by atoms with Crippen LogP contribution in [0.15, 0.2) is 18.3 Å². The highest BCUT2D eigenvalue weighted by molar-refractivity contribution is 7.11. The van der Waals surface area contributed by atoms with E-state index in [1.165, 1.54) is 6.08 Å². The number of amides is 1. The van der Waals surface area contributed by atoms with Gasteiger partial charge < -0.3 is 5.32 Å². The van der Waals surface area contributed by atoms with Crippen LogP contribution in [0.4, 0.5) is 0 Å². The Morgan fingerprint density at radius 2 is 2.54 bits per heavy atom. The third-order valence-corrected chi connectivity index (χ3v) is 2.34. The van der Waals surface area contributed by atoms with E-state index in [0.29, 0.717) is 6.54 Å². The van der Waals surface area contributed by atoms with Gasteiger partial charge in [-0.15, -0.1) is 11.3 Å². The second-order valence-electron chi connectivity index (χ2n) is 2.56. The normalized spacial score (nSPS) is 10.6. The highest BCUT2D eigenvalue weighted by Gasteiger charge is 1.99. The molecule has 1 aromatic heterocycles. The van der Waals surface area contributed by atoms with E-state index >= 15 is 0 Å². The summed E-state index contributed by atoms with van der Waals surface area (Å²) in [6.07, 6.45) is 5.01. The number of hydrogen-bond donors (Lipinski definition) is 1. The van der Waals surface area contributed by atoms with Gasteiger partial charge in [0.2, 0.25) is 5.91 Å². The van der Waals surface area contributed by atoms with E-state index in [1.54, 1.807) is 23.6 Å². The number of aryl methyl sites for hydroxylation is 1. The van der Waals surface area contributed by atoms with Gasteiger partial charge in [-0.25, -0.2) is 4.98 Å². The predicted molar refractivity (Wildman–Crippen MR) is 53.5 cm³/mol. The van der Waals surface area contributed by atoms with E-state index in [4.69, 9.17) is 0 Å². The Hall–Kier alpha value is -1.16. The average molecular weight is 196 g/mol. The van der Waals surface area contributed by atoms with Crippen molar-refractivity contribution >= 4 is 17.2 Å². The van der Waals surface area contributed by atoms with Gasteiger partial charge in [-0.05, 0) is 19.9 Å². The van der Waals surface area contributed by atoms with Gasteiger partial charge >= 0.3 is 0 Å². The molecule has 1 heterocycles. The molecule has 0 saturated carbocycles. The summed E-state index contributed by atoms with van der Waals surface area (Å²) >= 11 is 1.60. The van der Waals surface area contributed by atoms with Gasteiger partial charge in [0.1, 0.15) is 0 Å². The molecule has 0 atom stereocenters. The lowest BCUT2D eigenvalue weighted by Crippen LogP contribution is -2.19. The highest BCUT2D eigenvalue weighted by Crippen LogP contribution is 2.10. The van der Waals surface area contributed by atoms with Gasteiger partial charge in [0, 0.05) is 11.1 Å². The van der Waals surface area contributed by atoms with Crippen LogP contribution in [0.2, 0.25) is 0 Å². The highest BCUT2D eigenvalue weighted by atomic mass is 32.1. The molecule has 1 amide bonds. The van der Waals surface area contributed by atoms with Gasteiger partial charge in [-0.3, -0.25) is 4.79 Å². The fourth-order valence-electron chi connectivity index (χ4n) is 0.872. The zero-order chi connectivity index (χ0) is 9.68. The summed E-state index contributed by atoms with van der Waals surface area (Å²) in [6.45, 7) is 4.33. The quantitative estimate of drug-likeness (QED) is 0.747. The van der Waals surface area contributed by atoms with Crippen LogP contribution in [0, 0.1) is 6.92 Å². The minimum atomic E-state index is -0.0615. The molecule has 70 valence electrons. The van der Waals surface area contributed by atoms with Crippen molar-refractivity contribution in [3.63, 3.8) is 0 Å². The lowest BCUT2D eigenvalue weighted by molar-refractivity contribution is -0.116. The van der Waals surface area contributed by atoms with Gasteiger partial charge in [-0.1, -0.05) is 6.08 Å². The average Bonchev–Trinajstić information content (AvgIpc) is 2.49. The van der Waals surface area contributed by atoms with E-state index < -0.39 is 0 Å². The van der Waals surface area contributed by atoms with Crippen LogP contribution < -0.4 is 5.32 Å². The van der Waals surface area contributed by atoms with E-state index in [1.807, 2.05) is 13.8 Å². The maximum absolute atomic E-state index is 11.0. The van der Waals surface area contributed by atoms with Gasteiger partial charge in [-0.2, -0.15) is 0 Å². The summed E-state index contributed by atoms with van der Waals surface area (Å²) in [4.78, 5) is 16.2. The Bertz CT molecular complexity index is 317. The fraction of sp³-hybridized carbons (Fsp3) is 0.333. The minimum absolute atomic E-state index is 0.0615. The van der Waals surface area contributed by atoms with E-state index in [2.05, 4.69) is 10.3 Å². The van der Waals surface area contributed by atoms with Crippen molar-refractivity contribution in [3.8, 4) is 0 Å². The van der Waals surface area contributed by atoms with Crippen molar-refractivity contribution in [3.05, 3.63) is 28.2 Å². The Balaban J connectivity index is 2.39. The number of hydrogen-bond acceptors (Lipinski definition) is 3. The van der Waals surface area contributed by atoms with Gasteiger partial charge in [0.25, 0.3) is 0 Å². The molecule has 1 N–H and O–H groups in total. The predicted octanol–water partition coefficient (Wildman–Crippen LogP) is 1.64. The van der Waals surface area contributed by atoms with Crippen molar-refractivity contribution in [1.29, 1.82) is 0 Å². The Morgan fingerprint density at radius 3 is 3.08 bits per heavy atom. The molecule has 0 unspecified atom stereocenters. The summed E-state index contributed by atoms with van der Waals surface area (Å²) in [5, 5.41) is 3.78. The van der Waals surface area contributed by atoms with Crippen LogP contribution in [0.3, 0.4) is 0 Å². The van der Waals surface area contributed by atoms with Crippen molar-refractivity contribution in [2.45, 2.75) is 20.4 Å². The SMILES string of the molecule is CC=CC(=O)NCc1cnc(C)s1. The number of aromatic nitrogens is 1. The summed E-state index contributed by atoms with van der Waals surface area (Å²) in [7, 11) is 0. The molecule has 0 bridgehead atoms. The lowest BCUT2D eigenvalue weighted by Gasteiger charge is -1.97. The molecule has 0 aliphatic rings. The number of thiazole rings is 1. The molecule has 0 radical (unpaired) electrons. The zero-order valence-electron chi connectivity index (χ0n) is 7.70. The first-order chi connectivity index (χ1) is 6.22. The topological polar surface area (TPSA) is 42.0 Å². The number of carbonyl (C=O) groups excluding carboxylic acids is 1. The Morgan fingerprint density at radius 1 is 1.77 bits per heavy atom. The maximum Gasteiger partial charge on any atom is 0.243 e. The molecule has 1 rings (SSSR count). The van der Waals surface area contributed by atoms with Crippen LogP contribution in [0.25, 0.3) is 0 Å². The third kappa shape index (κ3) is 3.38. The van der Waals surface area contributed by atoms with E-state index in [0.717, 1.165) is 9.88 Å². The van der Waals surface area contributed by atoms with Gasteiger partial charge in [0.15, 0.2) is 0 Å². The number of nitrogens with one attached hydrogen (secondary N) is 1. The largest absolute Gasteiger partial charge is 0.348 e. The molecule has 4 heteroatoms. The molecule has 0 aliphatic carbocycles. The number of nitrogens with zero attached hydrogens (tertiary/aromatic N) is 1. The standard InChI is InChI=1S/C9H12N2OS/c1-3-4-9(12)11-6-8-5-10-7(2)13-8/h3-5H,6H2,1-2H3,(H,11,12). The first-order valence-electron chi connectivity index (χ1n) is 4.04. The second-order valence-corrected chi connectivity index (χ2v) is 3.88. The van der Waals surface area contributed by atoms with Crippen LogP contribution in [-0.2, 0) is 11.3 Å². The number of allylic oxidation sites excluding steroid dienone is 1. The second kappa shape index (κ2) is 4.77. The monoisotopic (exact) mass is 196 g/mol. The fourth-order valence-corrected chi connectivity index (χ4v) is 1.61. The van der Waals surface area contributed by atoms with Crippen molar-refractivity contribution < 1.29 is 4.79 Å². The molecule has 0 saturated heterocycles. The zero-order valence-corrected chi connectivity index (χ0v) is 8.52. The molecule has 0 spiro atoms. The first kappa shape index (κ1) is 9.92. The summed E-state index contributed by atoms with van der Waals surface area (Å²) in [6, 6.07) is 0.